The van der Waals surface area contributed by atoms with E-state index in [1.807, 2.05) is 12.1 Å². The Hall–Kier alpha value is -3.66. The van der Waals surface area contributed by atoms with Gasteiger partial charge in [0.25, 0.3) is 5.91 Å². The van der Waals surface area contributed by atoms with Crippen LogP contribution < -0.4 is 25.5 Å². The van der Waals surface area contributed by atoms with Crippen LogP contribution in [0.1, 0.15) is 5.56 Å². The highest BCUT2D eigenvalue weighted by Gasteiger charge is 2.11. The third kappa shape index (κ3) is 7.94. The Morgan fingerprint density at radius 1 is 1.10 bits per heavy atom. The largest absolute Gasteiger partial charge is 0.493 e. The summed E-state index contributed by atoms with van der Waals surface area (Å²) in [6, 6.07) is 12.0. The van der Waals surface area contributed by atoms with Gasteiger partial charge < -0.3 is 20.1 Å². The Morgan fingerprint density at radius 2 is 1.84 bits per heavy atom. The molecule has 0 aromatic heterocycles. The molecular formula is C21H21BrN4O5. The van der Waals surface area contributed by atoms with E-state index in [2.05, 4.69) is 43.7 Å². The zero-order valence-corrected chi connectivity index (χ0v) is 18.3. The zero-order chi connectivity index (χ0) is 22.6. The number of anilines is 1. The average Bonchev–Trinajstić information content (AvgIpc) is 2.77. The molecule has 10 heteroatoms. The number of carbonyl (C=O) groups is 3. The number of hydrogen-bond acceptors (Lipinski definition) is 6. The van der Waals surface area contributed by atoms with Crippen molar-refractivity contribution in [2.75, 3.05) is 25.6 Å². The van der Waals surface area contributed by atoms with Crippen LogP contribution in [0.2, 0.25) is 0 Å². The summed E-state index contributed by atoms with van der Waals surface area (Å²) in [4.78, 5) is 35.1. The fourth-order valence-electron chi connectivity index (χ4n) is 2.22. The number of benzene rings is 2. The van der Waals surface area contributed by atoms with Gasteiger partial charge in [0, 0.05) is 16.7 Å². The van der Waals surface area contributed by atoms with Crippen LogP contribution in [0.4, 0.5) is 5.69 Å². The summed E-state index contributed by atoms with van der Waals surface area (Å²) in [5.41, 5.74) is 3.34. The standard InChI is InChI=1S/C21H21BrN4O5/c1-3-10-23-20(28)21(29)26-24-12-14-4-9-17(18(11-14)30-2)31-13-19(27)25-16-7-5-15(22)6-8-16/h3-9,11-12H,1,10,13H2,2H3,(H,23,28)(H,25,27)(H,26,29)/b24-12-. The number of halogens is 1. The molecule has 9 nitrogen and oxygen atoms in total. The smallest absolute Gasteiger partial charge is 0.329 e. The van der Waals surface area contributed by atoms with Crippen LogP contribution >= 0.6 is 15.9 Å². The first-order valence-electron chi connectivity index (χ1n) is 9.01. The molecule has 3 N–H and O–H groups in total. The van der Waals surface area contributed by atoms with Gasteiger partial charge in [0.1, 0.15) is 0 Å². The van der Waals surface area contributed by atoms with Gasteiger partial charge in [-0.2, -0.15) is 5.10 Å². The van der Waals surface area contributed by atoms with Crippen molar-refractivity contribution >= 4 is 45.6 Å². The molecule has 0 aliphatic heterocycles. The van der Waals surface area contributed by atoms with Crippen LogP contribution in [0.3, 0.4) is 0 Å². The van der Waals surface area contributed by atoms with Crippen LogP contribution in [0.5, 0.6) is 11.5 Å². The molecule has 0 aliphatic carbocycles. The number of ether oxygens (including phenoxy) is 2. The van der Waals surface area contributed by atoms with Gasteiger partial charge >= 0.3 is 11.8 Å². The van der Waals surface area contributed by atoms with E-state index in [4.69, 9.17) is 9.47 Å². The number of hydrogen-bond donors (Lipinski definition) is 3. The third-order valence-electron chi connectivity index (χ3n) is 3.67. The molecule has 0 heterocycles. The quantitative estimate of drug-likeness (QED) is 0.216. The van der Waals surface area contributed by atoms with Gasteiger partial charge in [-0.1, -0.05) is 22.0 Å². The van der Waals surface area contributed by atoms with Gasteiger partial charge in [-0.25, -0.2) is 5.43 Å². The van der Waals surface area contributed by atoms with Crippen molar-refractivity contribution in [1.29, 1.82) is 0 Å². The normalized spacial score (nSPS) is 10.3. The molecule has 31 heavy (non-hydrogen) atoms. The zero-order valence-electron chi connectivity index (χ0n) is 16.7. The van der Waals surface area contributed by atoms with Crippen molar-refractivity contribution in [1.82, 2.24) is 10.7 Å². The molecule has 0 radical (unpaired) electrons. The Labute approximate surface area is 187 Å². The lowest BCUT2D eigenvalue weighted by atomic mass is 10.2. The molecule has 2 aromatic carbocycles. The number of hydrazone groups is 1. The first kappa shape index (κ1) is 23.6. The molecule has 0 saturated carbocycles. The Balaban J connectivity index is 1.91. The number of carbonyl (C=O) groups excluding carboxylic acids is 3. The molecule has 0 unspecified atom stereocenters. The number of rotatable bonds is 9. The van der Waals surface area contributed by atoms with Gasteiger partial charge in [0.15, 0.2) is 18.1 Å². The third-order valence-corrected chi connectivity index (χ3v) is 4.20. The molecule has 0 aliphatic rings. The molecule has 3 amide bonds. The summed E-state index contributed by atoms with van der Waals surface area (Å²) in [5, 5.41) is 8.78. The summed E-state index contributed by atoms with van der Waals surface area (Å²) < 4.78 is 11.7. The van der Waals surface area contributed by atoms with Crippen molar-refractivity contribution < 1.29 is 23.9 Å². The van der Waals surface area contributed by atoms with Crippen LogP contribution in [0.25, 0.3) is 0 Å². The number of nitrogens with one attached hydrogen (secondary N) is 3. The Kier molecular flexibility index (Phi) is 9.24. The molecule has 0 fully saturated rings. The fourth-order valence-corrected chi connectivity index (χ4v) is 2.48. The van der Waals surface area contributed by atoms with Crippen LogP contribution in [-0.4, -0.2) is 44.2 Å². The van der Waals surface area contributed by atoms with Crippen molar-refractivity contribution in [3.05, 3.63) is 65.2 Å². The van der Waals surface area contributed by atoms with E-state index in [1.165, 1.54) is 19.4 Å². The second-order valence-corrected chi connectivity index (χ2v) is 6.87. The van der Waals surface area contributed by atoms with E-state index < -0.39 is 11.8 Å². The molecule has 0 saturated heterocycles. The Morgan fingerprint density at radius 3 is 2.52 bits per heavy atom. The van der Waals surface area contributed by atoms with E-state index in [-0.39, 0.29) is 19.1 Å². The molecule has 0 spiro atoms. The predicted molar refractivity (Wildman–Crippen MR) is 120 cm³/mol. The van der Waals surface area contributed by atoms with Gasteiger partial charge in [-0.05, 0) is 48.0 Å². The molecule has 0 bridgehead atoms. The maximum Gasteiger partial charge on any atom is 0.329 e. The van der Waals surface area contributed by atoms with Crippen LogP contribution in [0, 0.1) is 0 Å². The second kappa shape index (κ2) is 12.1. The van der Waals surface area contributed by atoms with Crippen molar-refractivity contribution in [3.8, 4) is 11.5 Å². The predicted octanol–water partition coefficient (Wildman–Crippen LogP) is 2.23. The summed E-state index contributed by atoms with van der Waals surface area (Å²) in [6.07, 6.45) is 2.79. The van der Waals surface area contributed by atoms with Gasteiger partial charge in [0.2, 0.25) is 0 Å². The summed E-state index contributed by atoms with van der Waals surface area (Å²) >= 11 is 3.33. The van der Waals surface area contributed by atoms with Crippen molar-refractivity contribution in [3.63, 3.8) is 0 Å². The van der Waals surface area contributed by atoms with Crippen LogP contribution in [0.15, 0.2) is 64.7 Å². The fraction of sp³-hybridized carbons (Fsp3) is 0.143. The molecule has 162 valence electrons. The molecular weight excluding hydrogens is 468 g/mol. The van der Waals surface area contributed by atoms with E-state index in [0.29, 0.717) is 22.7 Å². The maximum absolute atomic E-state index is 12.1. The topological polar surface area (TPSA) is 118 Å². The van der Waals surface area contributed by atoms with E-state index >= 15 is 0 Å². The maximum atomic E-state index is 12.1. The SMILES string of the molecule is C=CCNC(=O)C(=O)N/N=C\c1ccc(OCC(=O)Nc2ccc(Br)cc2)c(OC)c1. The minimum Gasteiger partial charge on any atom is -0.493 e. The first-order valence-corrected chi connectivity index (χ1v) is 9.80. The summed E-state index contributed by atoms with van der Waals surface area (Å²) in [7, 11) is 1.46. The highest BCUT2D eigenvalue weighted by Crippen LogP contribution is 2.27. The minimum atomic E-state index is -0.901. The van der Waals surface area contributed by atoms with E-state index in [1.54, 1.807) is 30.3 Å². The summed E-state index contributed by atoms with van der Waals surface area (Å²) in [5.74, 6) is -1.32. The number of methoxy groups -OCH3 is 1. The summed E-state index contributed by atoms with van der Waals surface area (Å²) in [6.45, 7) is 3.40. The number of nitrogens with zero attached hydrogens (tertiary/aromatic N) is 1. The van der Waals surface area contributed by atoms with E-state index in [0.717, 1.165) is 4.47 Å². The average molecular weight is 489 g/mol. The lowest BCUT2D eigenvalue weighted by molar-refractivity contribution is -0.139. The molecule has 2 rings (SSSR count). The lowest BCUT2D eigenvalue weighted by Crippen LogP contribution is -2.37. The lowest BCUT2D eigenvalue weighted by Gasteiger charge is -2.11. The van der Waals surface area contributed by atoms with Gasteiger partial charge in [0.05, 0.1) is 13.3 Å². The first-order chi connectivity index (χ1) is 14.9. The minimum absolute atomic E-state index is 0.176. The van der Waals surface area contributed by atoms with Crippen LogP contribution in [-0.2, 0) is 14.4 Å². The second-order valence-electron chi connectivity index (χ2n) is 5.95. The van der Waals surface area contributed by atoms with Crippen molar-refractivity contribution in [2.24, 2.45) is 5.10 Å². The van der Waals surface area contributed by atoms with Crippen molar-refractivity contribution in [2.45, 2.75) is 0 Å². The highest BCUT2D eigenvalue weighted by atomic mass is 79.9. The Bertz CT molecular complexity index is 976. The monoisotopic (exact) mass is 488 g/mol. The number of amides is 3. The van der Waals surface area contributed by atoms with Gasteiger partial charge in [-0.3, -0.25) is 14.4 Å². The van der Waals surface area contributed by atoms with E-state index in [9.17, 15) is 14.4 Å². The highest BCUT2D eigenvalue weighted by molar-refractivity contribution is 9.10. The molecule has 2 aromatic rings. The molecule has 0 atom stereocenters. The van der Waals surface area contributed by atoms with Gasteiger partial charge in [-0.15, -0.1) is 6.58 Å².